The Morgan fingerprint density at radius 2 is 2.00 bits per heavy atom. The fourth-order valence-electron chi connectivity index (χ4n) is 3.14. The summed E-state index contributed by atoms with van der Waals surface area (Å²) in [7, 11) is 0. The molecule has 0 bridgehead atoms. The van der Waals surface area contributed by atoms with Crippen LogP contribution in [0.1, 0.15) is 38.5 Å². The van der Waals surface area contributed by atoms with Crippen LogP contribution >= 0.6 is 11.6 Å². The third-order valence-corrected chi connectivity index (χ3v) is 4.72. The van der Waals surface area contributed by atoms with Gasteiger partial charge in [0.1, 0.15) is 0 Å². The summed E-state index contributed by atoms with van der Waals surface area (Å²) in [4.78, 5) is 11.8. The van der Waals surface area contributed by atoms with Gasteiger partial charge in [0.05, 0.1) is 0 Å². The van der Waals surface area contributed by atoms with Gasteiger partial charge >= 0.3 is 0 Å². The molecule has 2 fully saturated rings. The smallest absolute Gasteiger partial charge is 0.248 e. The van der Waals surface area contributed by atoms with Crippen LogP contribution in [-0.4, -0.2) is 24.3 Å². The van der Waals surface area contributed by atoms with Gasteiger partial charge in [-0.25, -0.2) is 8.78 Å². The monoisotopic (exact) mass is 279 g/mol. The highest BCUT2D eigenvalue weighted by atomic mass is 35.5. The van der Waals surface area contributed by atoms with Gasteiger partial charge in [-0.2, -0.15) is 0 Å². The van der Waals surface area contributed by atoms with Crippen LogP contribution in [0.4, 0.5) is 8.78 Å². The summed E-state index contributed by atoms with van der Waals surface area (Å²) in [5.74, 6) is -1.83. The summed E-state index contributed by atoms with van der Waals surface area (Å²) in [5.41, 5.74) is 0. The van der Waals surface area contributed by atoms with E-state index in [0.717, 1.165) is 19.3 Å². The molecule has 0 spiro atoms. The van der Waals surface area contributed by atoms with E-state index in [1.807, 2.05) is 0 Å². The van der Waals surface area contributed by atoms with Gasteiger partial charge in [-0.3, -0.25) is 4.79 Å². The first-order chi connectivity index (χ1) is 8.52. The fraction of sp³-hybridized carbons (Fsp3) is 0.923. The minimum atomic E-state index is -2.64. The number of alkyl halides is 3. The van der Waals surface area contributed by atoms with Gasteiger partial charge < -0.3 is 5.32 Å². The highest BCUT2D eigenvalue weighted by molar-refractivity contribution is 6.18. The van der Waals surface area contributed by atoms with E-state index in [0.29, 0.717) is 30.7 Å². The lowest BCUT2D eigenvalue weighted by atomic mass is 9.97. The maximum absolute atomic E-state index is 13.0. The van der Waals surface area contributed by atoms with Crippen molar-refractivity contribution in [2.45, 2.75) is 44.4 Å². The van der Waals surface area contributed by atoms with Crippen molar-refractivity contribution in [2.24, 2.45) is 17.8 Å². The highest BCUT2D eigenvalue weighted by Crippen LogP contribution is 2.39. The summed E-state index contributed by atoms with van der Waals surface area (Å²) in [6.07, 6.45) is 3.22. The Morgan fingerprint density at radius 1 is 1.28 bits per heavy atom. The molecule has 2 aliphatic rings. The molecular weight excluding hydrogens is 260 g/mol. The zero-order valence-electron chi connectivity index (χ0n) is 10.4. The van der Waals surface area contributed by atoms with Gasteiger partial charge in [0.15, 0.2) is 0 Å². The largest absolute Gasteiger partial charge is 0.356 e. The third kappa shape index (κ3) is 3.34. The van der Waals surface area contributed by atoms with Gasteiger partial charge in [-0.1, -0.05) is 6.42 Å². The predicted molar refractivity (Wildman–Crippen MR) is 66.8 cm³/mol. The number of nitrogens with one attached hydrogen (secondary N) is 1. The lowest BCUT2D eigenvalue weighted by molar-refractivity contribution is -0.126. The van der Waals surface area contributed by atoms with Gasteiger partial charge in [0.2, 0.25) is 11.8 Å². The molecule has 0 aromatic carbocycles. The van der Waals surface area contributed by atoms with Crippen LogP contribution in [0.15, 0.2) is 0 Å². The first kappa shape index (κ1) is 14.0. The van der Waals surface area contributed by atoms with Crippen molar-refractivity contribution in [2.75, 3.05) is 12.4 Å². The first-order valence-electron chi connectivity index (χ1n) is 6.73. The Labute approximate surface area is 111 Å². The van der Waals surface area contributed by atoms with E-state index in [4.69, 9.17) is 11.6 Å². The summed E-state index contributed by atoms with van der Waals surface area (Å²) in [5, 5.41) is 2.84. The van der Waals surface area contributed by atoms with Crippen LogP contribution in [0.3, 0.4) is 0 Å². The van der Waals surface area contributed by atoms with E-state index in [1.54, 1.807) is 0 Å². The SMILES string of the molecule is O=C(NCC1CCCC1CCl)C1CCC(F)(F)C1. The Morgan fingerprint density at radius 3 is 2.61 bits per heavy atom. The summed E-state index contributed by atoms with van der Waals surface area (Å²) >= 11 is 5.87. The van der Waals surface area contributed by atoms with E-state index < -0.39 is 11.8 Å². The Hall–Kier alpha value is -0.380. The van der Waals surface area contributed by atoms with Gasteiger partial charge in [0.25, 0.3) is 0 Å². The van der Waals surface area contributed by atoms with Crippen molar-refractivity contribution in [3.05, 3.63) is 0 Å². The van der Waals surface area contributed by atoms with Crippen molar-refractivity contribution in [1.29, 1.82) is 0 Å². The second kappa shape index (κ2) is 5.72. The van der Waals surface area contributed by atoms with Crippen molar-refractivity contribution < 1.29 is 13.6 Å². The molecule has 3 unspecified atom stereocenters. The maximum Gasteiger partial charge on any atom is 0.248 e. The van der Waals surface area contributed by atoms with Gasteiger partial charge in [-0.05, 0) is 31.1 Å². The number of rotatable bonds is 4. The number of hydrogen-bond acceptors (Lipinski definition) is 1. The molecule has 0 aromatic heterocycles. The molecule has 0 aliphatic heterocycles. The van der Waals surface area contributed by atoms with E-state index in [2.05, 4.69) is 5.32 Å². The Bertz CT molecular complexity index is 311. The first-order valence-corrected chi connectivity index (χ1v) is 7.27. The molecule has 18 heavy (non-hydrogen) atoms. The van der Waals surface area contributed by atoms with E-state index in [-0.39, 0.29) is 18.7 Å². The molecule has 2 nitrogen and oxygen atoms in total. The predicted octanol–water partition coefficient (Wildman–Crippen LogP) is 3.19. The number of carbonyl (C=O) groups is 1. The second-order valence-corrected chi connectivity index (χ2v) is 5.95. The minimum Gasteiger partial charge on any atom is -0.356 e. The third-order valence-electron chi connectivity index (χ3n) is 4.33. The second-order valence-electron chi connectivity index (χ2n) is 5.65. The molecule has 2 saturated carbocycles. The van der Waals surface area contributed by atoms with Gasteiger partial charge in [-0.15, -0.1) is 11.6 Å². The van der Waals surface area contributed by atoms with Crippen molar-refractivity contribution >= 4 is 17.5 Å². The van der Waals surface area contributed by atoms with Gasteiger partial charge in [0, 0.05) is 31.2 Å². The molecule has 0 saturated heterocycles. The fourth-order valence-corrected chi connectivity index (χ4v) is 3.54. The molecule has 0 heterocycles. The normalized spacial score (nSPS) is 34.7. The standard InChI is InChI=1S/C13H20ClF2NO/c14-7-10-2-1-3-11(10)8-17-12(18)9-4-5-13(15,16)6-9/h9-11H,1-8H2,(H,17,18). The lowest BCUT2D eigenvalue weighted by Crippen LogP contribution is -2.35. The van der Waals surface area contributed by atoms with Crippen LogP contribution in [0.25, 0.3) is 0 Å². The van der Waals surface area contributed by atoms with Crippen LogP contribution in [0, 0.1) is 17.8 Å². The number of carbonyl (C=O) groups excluding carboxylic acids is 1. The topological polar surface area (TPSA) is 29.1 Å². The van der Waals surface area contributed by atoms with Crippen molar-refractivity contribution in [3.63, 3.8) is 0 Å². The molecule has 104 valence electrons. The number of hydrogen-bond donors (Lipinski definition) is 1. The molecule has 5 heteroatoms. The molecule has 0 aromatic rings. The van der Waals surface area contributed by atoms with Crippen LogP contribution in [0.2, 0.25) is 0 Å². The molecule has 1 N–H and O–H groups in total. The van der Waals surface area contributed by atoms with Crippen molar-refractivity contribution in [3.8, 4) is 0 Å². The minimum absolute atomic E-state index is 0.154. The maximum atomic E-state index is 13.0. The Kier molecular flexibility index (Phi) is 4.46. The zero-order chi connectivity index (χ0) is 13.2. The highest BCUT2D eigenvalue weighted by Gasteiger charge is 2.42. The molecular formula is C13H20ClF2NO. The molecule has 0 radical (unpaired) electrons. The zero-order valence-corrected chi connectivity index (χ0v) is 11.2. The number of amides is 1. The van der Waals surface area contributed by atoms with Crippen molar-refractivity contribution in [1.82, 2.24) is 5.32 Å². The average Bonchev–Trinajstić information content (AvgIpc) is 2.91. The Balaban J connectivity index is 1.75. The summed E-state index contributed by atoms with van der Waals surface area (Å²) < 4.78 is 26.0. The summed E-state index contributed by atoms with van der Waals surface area (Å²) in [6.45, 7) is 0.596. The molecule has 2 rings (SSSR count). The number of halogens is 3. The van der Waals surface area contributed by atoms with E-state index in [9.17, 15) is 13.6 Å². The molecule has 1 amide bonds. The quantitative estimate of drug-likeness (QED) is 0.787. The summed E-state index contributed by atoms with van der Waals surface area (Å²) in [6, 6.07) is 0. The lowest BCUT2D eigenvalue weighted by Gasteiger charge is -2.19. The van der Waals surface area contributed by atoms with Crippen LogP contribution < -0.4 is 5.32 Å². The molecule has 3 atom stereocenters. The molecule has 2 aliphatic carbocycles. The van der Waals surface area contributed by atoms with E-state index >= 15 is 0 Å². The average molecular weight is 280 g/mol. The van der Waals surface area contributed by atoms with Crippen LogP contribution in [-0.2, 0) is 4.79 Å². The van der Waals surface area contributed by atoms with Crippen LogP contribution in [0.5, 0.6) is 0 Å². The van der Waals surface area contributed by atoms with E-state index in [1.165, 1.54) is 0 Å².